The summed E-state index contributed by atoms with van der Waals surface area (Å²) in [4.78, 5) is 16.4. The largest absolute Gasteiger partial charge is 0.506 e. The molecule has 3 aromatic carbocycles. The van der Waals surface area contributed by atoms with Gasteiger partial charge in [-0.1, -0.05) is 243 Å². The fourth-order valence-electron chi connectivity index (χ4n) is 8.72. The fraction of sp³-hybridized carbons (Fsp3) is 0.679. The first-order valence-corrected chi connectivity index (χ1v) is 26.7. The number of carbonyl (C=O) groups is 1. The molecule has 0 bridgehead atoms. The van der Waals surface area contributed by atoms with Crippen molar-refractivity contribution in [3.8, 4) is 5.75 Å². The molecule has 0 fully saturated rings. The average Bonchev–Trinajstić information content (AvgIpc) is 3.25. The molecule has 0 heterocycles. The lowest BCUT2D eigenvalue weighted by Gasteiger charge is -2.25. The Hall–Kier alpha value is -3.26. The Morgan fingerprint density at radius 2 is 0.902 bits per heavy atom. The summed E-state index contributed by atoms with van der Waals surface area (Å²) < 4.78 is 30.0. The van der Waals surface area contributed by atoms with Gasteiger partial charge in [0.15, 0.2) is 0 Å². The number of nitrogens with zero attached hydrogens (tertiary/aromatic N) is 1. The highest BCUT2D eigenvalue weighted by Crippen LogP contribution is 2.37. The molecule has 0 saturated heterocycles. The number of fused-ring (bicyclic) bond motifs is 1. The number of amides is 1. The molecule has 0 unspecified atom stereocenters. The number of para-hydroxylation sites is 1. The standard InChI is InChI=1S/C53H87N3O4S/c1-3-5-7-9-11-13-15-17-19-21-23-25-27-29-31-37-43-56(44-38-32-30-28-26-24-22-20-18-16-14-12-10-8-6-4-2)53(58)51-49(45-46-39-33-34-40-47(46)52(51)57)55-61(59,60)50-42-36-35-41-48(50)54/h33-36,39-42,45,55,57H,3-32,37-38,43-44,54H2,1-2H3. The van der Waals surface area contributed by atoms with Crippen LogP contribution in [-0.4, -0.2) is 37.4 Å². The molecule has 1 amide bonds. The Morgan fingerprint density at radius 1 is 0.541 bits per heavy atom. The molecule has 0 aliphatic heterocycles. The summed E-state index contributed by atoms with van der Waals surface area (Å²) in [5, 5.41) is 12.8. The van der Waals surface area contributed by atoms with E-state index in [-0.39, 0.29) is 33.5 Å². The van der Waals surface area contributed by atoms with E-state index in [9.17, 15) is 18.3 Å². The van der Waals surface area contributed by atoms with E-state index >= 15 is 0 Å². The smallest absolute Gasteiger partial charge is 0.263 e. The minimum absolute atomic E-state index is 0.00948. The van der Waals surface area contributed by atoms with Crippen LogP contribution in [0.15, 0.2) is 59.5 Å². The summed E-state index contributed by atoms with van der Waals surface area (Å²) in [5.74, 6) is -0.547. The van der Waals surface area contributed by atoms with Gasteiger partial charge in [-0.05, 0) is 36.4 Å². The van der Waals surface area contributed by atoms with Gasteiger partial charge in [-0.3, -0.25) is 9.52 Å². The number of nitrogens with two attached hydrogens (primary N) is 1. The van der Waals surface area contributed by atoms with Crippen LogP contribution in [-0.2, 0) is 10.0 Å². The number of phenolic OH excluding ortho intramolecular Hbond substituents is 1. The number of aromatic hydroxyl groups is 1. The van der Waals surface area contributed by atoms with E-state index in [2.05, 4.69) is 18.6 Å². The van der Waals surface area contributed by atoms with Crippen molar-refractivity contribution >= 4 is 38.1 Å². The average molecular weight is 862 g/mol. The number of hydrogen-bond donors (Lipinski definition) is 3. The maximum atomic E-state index is 14.6. The lowest BCUT2D eigenvalue weighted by atomic mass is 10.0. The van der Waals surface area contributed by atoms with Crippen molar-refractivity contribution in [3.05, 3.63) is 60.2 Å². The zero-order chi connectivity index (χ0) is 43.8. The number of nitrogen functional groups attached to an aromatic ring is 1. The Balaban J connectivity index is 1.54. The number of rotatable bonds is 38. The number of benzene rings is 3. The summed E-state index contributed by atoms with van der Waals surface area (Å²) in [6, 6.07) is 15.2. The van der Waals surface area contributed by atoms with Crippen LogP contribution in [0.4, 0.5) is 11.4 Å². The number of phenols is 1. The predicted molar refractivity (Wildman–Crippen MR) is 262 cm³/mol. The van der Waals surface area contributed by atoms with E-state index in [1.165, 1.54) is 179 Å². The van der Waals surface area contributed by atoms with Gasteiger partial charge in [-0.2, -0.15) is 0 Å². The fourth-order valence-corrected chi connectivity index (χ4v) is 9.92. The molecule has 3 rings (SSSR count). The van der Waals surface area contributed by atoms with Gasteiger partial charge < -0.3 is 15.7 Å². The summed E-state index contributed by atoms with van der Waals surface area (Å²) in [6.45, 7) is 5.69. The minimum atomic E-state index is -4.16. The van der Waals surface area contributed by atoms with Gasteiger partial charge >= 0.3 is 0 Å². The highest BCUT2D eigenvalue weighted by Gasteiger charge is 2.28. The second kappa shape index (κ2) is 32.4. The Labute approximate surface area is 373 Å². The third-order valence-electron chi connectivity index (χ3n) is 12.5. The molecular formula is C53H87N3O4S. The van der Waals surface area contributed by atoms with Crippen molar-refractivity contribution < 1.29 is 18.3 Å². The van der Waals surface area contributed by atoms with Crippen LogP contribution < -0.4 is 10.5 Å². The molecule has 0 aromatic heterocycles. The van der Waals surface area contributed by atoms with Crippen molar-refractivity contribution in [1.82, 2.24) is 4.90 Å². The molecule has 7 nitrogen and oxygen atoms in total. The van der Waals surface area contributed by atoms with Gasteiger partial charge in [0.05, 0.1) is 11.4 Å². The summed E-state index contributed by atoms with van der Waals surface area (Å²) in [5.41, 5.74) is 6.25. The first-order chi connectivity index (χ1) is 29.8. The number of anilines is 2. The van der Waals surface area contributed by atoms with Crippen molar-refractivity contribution in [1.29, 1.82) is 0 Å². The molecule has 0 atom stereocenters. The molecule has 4 N–H and O–H groups in total. The zero-order valence-electron chi connectivity index (χ0n) is 38.8. The van der Waals surface area contributed by atoms with Gasteiger partial charge in [0, 0.05) is 18.5 Å². The molecule has 0 aliphatic carbocycles. The highest BCUT2D eigenvalue weighted by atomic mass is 32.2. The number of carbonyl (C=O) groups excluding carboxylic acids is 1. The van der Waals surface area contributed by atoms with Crippen molar-refractivity contribution in [2.24, 2.45) is 0 Å². The van der Waals surface area contributed by atoms with Crippen LogP contribution in [0, 0.1) is 0 Å². The van der Waals surface area contributed by atoms with E-state index in [1.807, 2.05) is 23.1 Å². The van der Waals surface area contributed by atoms with E-state index < -0.39 is 10.0 Å². The number of hydrogen-bond acceptors (Lipinski definition) is 5. The molecule has 0 spiro atoms. The van der Waals surface area contributed by atoms with Gasteiger partial charge in [-0.15, -0.1) is 0 Å². The monoisotopic (exact) mass is 862 g/mol. The molecule has 61 heavy (non-hydrogen) atoms. The second-order valence-electron chi connectivity index (χ2n) is 17.9. The zero-order valence-corrected chi connectivity index (χ0v) is 39.7. The maximum absolute atomic E-state index is 14.6. The van der Waals surface area contributed by atoms with Crippen LogP contribution in [0.1, 0.15) is 230 Å². The number of unbranched alkanes of at least 4 members (excludes halogenated alkanes) is 30. The lowest BCUT2D eigenvalue weighted by Crippen LogP contribution is -2.34. The molecule has 344 valence electrons. The first-order valence-electron chi connectivity index (χ1n) is 25.2. The van der Waals surface area contributed by atoms with Crippen molar-refractivity contribution in [2.75, 3.05) is 23.5 Å². The number of sulfonamides is 1. The quantitative estimate of drug-likeness (QED) is 0.0392. The number of nitrogens with one attached hydrogen (secondary N) is 1. The Bertz CT molecular complexity index is 1670. The van der Waals surface area contributed by atoms with E-state index in [1.54, 1.807) is 24.3 Å². The van der Waals surface area contributed by atoms with Crippen LogP contribution in [0.2, 0.25) is 0 Å². The van der Waals surface area contributed by atoms with Gasteiger partial charge in [0.2, 0.25) is 0 Å². The molecule has 3 aromatic rings. The molecular weight excluding hydrogens is 775 g/mol. The Morgan fingerprint density at radius 3 is 1.31 bits per heavy atom. The van der Waals surface area contributed by atoms with Gasteiger partial charge in [0.1, 0.15) is 16.2 Å². The van der Waals surface area contributed by atoms with Crippen LogP contribution in [0.5, 0.6) is 5.75 Å². The third kappa shape index (κ3) is 21.1. The topological polar surface area (TPSA) is 113 Å². The van der Waals surface area contributed by atoms with Gasteiger partial charge in [-0.25, -0.2) is 8.42 Å². The molecule has 0 radical (unpaired) electrons. The van der Waals surface area contributed by atoms with E-state index in [0.717, 1.165) is 38.5 Å². The van der Waals surface area contributed by atoms with E-state index in [4.69, 9.17) is 5.73 Å². The SMILES string of the molecule is CCCCCCCCCCCCCCCCCCN(CCCCCCCCCCCCCCCCCC)C(=O)c1c(NS(=O)(=O)c2ccccc2N)cc2ccccc2c1O. The Kier molecular flexibility index (Phi) is 27.7. The van der Waals surface area contributed by atoms with Crippen LogP contribution >= 0.6 is 0 Å². The van der Waals surface area contributed by atoms with E-state index in [0.29, 0.717) is 23.9 Å². The molecule has 0 saturated carbocycles. The van der Waals surface area contributed by atoms with Gasteiger partial charge in [0.25, 0.3) is 15.9 Å². The molecule has 8 heteroatoms. The summed E-state index contributed by atoms with van der Waals surface area (Å²) in [7, 11) is -4.16. The second-order valence-corrected chi connectivity index (χ2v) is 19.6. The summed E-state index contributed by atoms with van der Waals surface area (Å²) >= 11 is 0. The summed E-state index contributed by atoms with van der Waals surface area (Å²) in [6.07, 6.45) is 41.1. The highest BCUT2D eigenvalue weighted by molar-refractivity contribution is 7.92. The maximum Gasteiger partial charge on any atom is 0.263 e. The van der Waals surface area contributed by atoms with Crippen molar-refractivity contribution in [3.63, 3.8) is 0 Å². The lowest BCUT2D eigenvalue weighted by molar-refractivity contribution is 0.0747. The van der Waals surface area contributed by atoms with Crippen LogP contribution in [0.25, 0.3) is 10.8 Å². The third-order valence-corrected chi connectivity index (χ3v) is 14.0. The van der Waals surface area contributed by atoms with Crippen molar-refractivity contribution in [2.45, 2.75) is 224 Å². The van der Waals surface area contributed by atoms with Crippen LogP contribution in [0.3, 0.4) is 0 Å². The normalized spacial score (nSPS) is 11.7. The minimum Gasteiger partial charge on any atom is -0.506 e. The molecule has 0 aliphatic rings. The predicted octanol–water partition coefficient (Wildman–Crippen LogP) is 15.9. The first kappa shape index (κ1) is 52.1.